The minimum absolute atomic E-state index is 0.0223. The molecule has 96 valence electrons. The van der Waals surface area contributed by atoms with Gasteiger partial charge in [-0.1, -0.05) is 34.6 Å². The Balaban J connectivity index is 2.76. The molecule has 0 bridgehead atoms. The molecule has 4 heteroatoms. The number of hydrogen-bond acceptors (Lipinski definition) is 4. The molecule has 0 atom stereocenters. The van der Waals surface area contributed by atoms with Crippen LogP contribution in [0.15, 0.2) is 6.07 Å². The molecule has 0 amide bonds. The minimum atomic E-state index is 0.0223. The summed E-state index contributed by atoms with van der Waals surface area (Å²) in [6.07, 6.45) is 0. The highest BCUT2D eigenvalue weighted by Crippen LogP contribution is 2.22. The summed E-state index contributed by atoms with van der Waals surface area (Å²) in [5.41, 5.74) is 6.87. The van der Waals surface area contributed by atoms with E-state index >= 15 is 0 Å². The fraction of sp³-hybridized carbons (Fsp3) is 0.692. The highest BCUT2D eigenvalue weighted by Gasteiger charge is 2.17. The monoisotopic (exact) mass is 253 g/mol. The summed E-state index contributed by atoms with van der Waals surface area (Å²) in [5, 5.41) is 0. The van der Waals surface area contributed by atoms with Gasteiger partial charge in [0.05, 0.1) is 11.4 Å². The van der Waals surface area contributed by atoms with Crippen LogP contribution >= 0.6 is 11.8 Å². The van der Waals surface area contributed by atoms with Crippen molar-refractivity contribution in [2.75, 3.05) is 11.5 Å². The van der Waals surface area contributed by atoms with Crippen molar-refractivity contribution in [2.24, 2.45) is 5.92 Å². The van der Waals surface area contributed by atoms with E-state index in [0.717, 1.165) is 23.0 Å². The minimum Gasteiger partial charge on any atom is -0.384 e. The zero-order chi connectivity index (χ0) is 13.1. The second-order valence-corrected chi connectivity index (χ2v) is 6.78. The van der Waals surface area contributed by atoms with E-state index in [4.69, 9.17) is 5.73 Å². The molecular formula is C13H23N3S. The second-order valence-electron chi connectivity index (χ2n) is 5.75. The van der Waals surface area contributed by atoms with Crippen LogP contribution in [0.1, 0.15) is 46.1 Å². The van der Waals surface area contributed by atoms with Crippen molar-refractivity contribution in [2.45, 2.75) is 45.8 Å². The molecule has 0 saturated heterocycles. The van der Waals surface area contributed by atoms with Gasteiger partial charge >= 0.3 is 0 Å². The number of aromatic nitrogens is 2. The van der Waals surface area contributed by atoms with Gasteiger partial charge in [0.15, 0.2) is 0 Å². The molecule has 0 fully saturated rings. The zero-order valence-corrected chi connectivity index (χ0v) is 12.3. The maximum atomic E-state index is 5.83. The summed E-state index contributed by atoms with van der Waals surface area (Å²) in [5.74, 6) is 4.09. The van der Waals surface area contributed by atoms with Crippen LogP contribution in [-0.2, 0) is 11.2 Å². The second kappa shape index (κ2) is 5.71. The van der Waals surface area contributed by atoms with Crippen molar-refractivity contribution in [3.05, 3.63) is 17.6 Å². The van der Waals surface area contributed by atoms with E-state index in [0.29, 0.717) is 11.7 Å². The molecule has 0 unspecified atom stereocenters. The van der Waals surface area contributed by atoms with Gasteiger partial charge < -0.3 is 5.73 Å². The van der Waals surface area contributed by atoms with Gasteiger partial charge in [-0.05, 0) is 11.7 Å². The molecule has 1 aromatic rings. The third-order valence-electron chi connectivity index (χ3n) is 2.24. The Kier molecular flexibility index (Phi) is 4.80. The van der Waals surface area contributed by atoms with Gasteiger partial charge in [-0.3, -0.25) is 0 Å². The predicted molar refractivity (Wildman–Crippen MR) is 76.1 cm³/mol. The van der Waals surface area contributed by atoms with Crippen molar-refractivity contribution in [3.63, 3.8) is 0 Å². The molecule has 17 heavy (non-hydrogen) atoms. The molecule has 0 aromatic carbocycles. The van der Waals surface area contributed by atoms with E-state index < -0.39 is 0 Å². The van der Waals surface area contributed by atoms with Gasteiger partial charge in [-0.15, -0.1) is 0 Å². The fourth-order valence-corrected chi connectivity index (χ4v) is 2.25. The van der Waals surface area contributed by atoms with Gasteiger partial charge in [-0.2, -0.15) is 11.8 Å². The molecule has 1 heterocycles. The van der Waals surface area contributed by atoms with E-state index in [2.05, 4.69) is 44.6 Å². The number of nitrogen functional groups attached to an aromatic ring is 1. The average molecular weight is 253 g/mol. The number of rotatable bonds is 4. The van der Waals surface area contributed by atoms with E-state index in [-0.39, 0.29) is 5.41 Å². The molecule has 0 spiro atoms. The number of thioether (sulfide) groups is 1. The smallest absolute Gasteiger partial charge is 0.140 e. The van der Waals surface area contributed by atoms with Gasteiger partial charge in [0.1, 0.15) is 11.6 Å². The summed E-state index contributed by atoms with van der Waals surface area (Å²) in [4.78, 5) is 8.88. The Morgan fingerprint density at radius 2 is 1.94 bits per heavy atom. The van der Waals surface area contributed by atoms with Crippen LogP contribution < -0.4 is 5.73 Å². The molecule has 0 saturated carbocycles. The lowest BCUT2D eigenvalue weighted by Crippen LogP contribution is -2.16. The van der Waals surface area contributed by atoms with Crippen molar-refractivity contribution in [1.82, 2.24) is 9.97 Å². The first-order valence-corrected chi connectivity index (χ1v) is 7.16. The highest BCUT2D eigenvalue weighted by atomic mass is 32.2. The lowest BCUT2D eigenvalue weighted by Gasteiger charge is -2.18. The SMILES string of the molecule is CC(C)CSCc1nc(N)cc(C(C)(C)C)n1. The Labute approximate surface area is 109 Å². The molecule has 0 aliphatic rings. The Morgan fingerprint density at radius 3 is 2.47 bits per heavy atom. The third kappa shape index (κ3) is 4.94. The average Bonchev–Trinajstić information content (AvgIpc) is 2.14. The van der Waals surface area contributed by atoms with Gasteiger partial charge in [0.2, 0.25) is 0 Å². The van der Waals surface area contributed by atoms with E-state index in [1.165, 1.54) is 0 Å². The van der Waals surface area contributed by atoms with Crippen LogP contribution in [-0.4, -0.2) is 15.7 Å². The Hall–Kier alpha value is -0.770. The third-order valence-corrected chi connectivity index (χ3v) is 3.61. The molecule has 0 aliphatic heterocycles. The van der Waals surface area contributed by atoms with Gasteiger partial charge in [0.25, 0.3) is 0 Å². The molecule has 3 nitrogen and oxygen atoms in total. The van der Waals surface area contributed by atoms with Crippen LogP contribution in [0.2, 0.25) is 0 Å². The number of nitrogens with two attached hydrogens (primary N) is 1. The first-order chi connectivity index (χ1) is 7.79. The van der Waals surface area contributed by atoms with Crippen molar-refractivity contribution >= 4 is 17.6 Å². The lowest BCUT2D eigenvalue weighted by molar-refractivity contribution is 0.564. The van der Waals surface area contributed by atoms with Crippen molar-refractivity contribution < 1.29 is 0 Å². The maximum Gasteiger partial charge on any atom is 0.140 e. The standard InChI is InChI=1S/C13H23N3S/c1-9(2)7-17-8-12-15-10(13(3,4)5)6-11(14)16-12/h6,9H,7-8H2,1-5H3,(H2,14,15,16). The fourth-order valence-electron chi connectivity index (χ4n) is 1.35. The summed E-state index contributed by atoms with van der Waals surface area (Å²) in [6.45, 7) is 10.8. The molecule has 0 radical (unpaired) electrons. The van der Waals surface area contributed by atoms with Crippen LogP contribution in [0.3, 0.4) is 0 Å². The van der Waals surface area contributed by atoms with E-state index in [1.807, 2.05) is 17.8 Å². The van der Waals surface area contributed by atoms with Gasteiger partial charge in [0, 0.05) is 11.5 Å². The number of hydrogen-bond donors (Lipinski definition) is 1. The van der Waals surface area contributed by atoms with Crippen LogP contribution in [0, 0.1) is 5.92 Å². The van der Waals surface area contributed by atoms with E-state index in [9.17, 15) is 0 Å². The largest absolute Gasteiger partial charge is 0.384 e. The highest BCUT2D eigenvalue weighted by molar-refractivity contribution is 7.98. The number of anilines is 1. The topological polar surface area (TPSA) is 51.8 Å². The first-order valence-electron chi connectivity index (χ1n) is 6.00. The number of nitrogens with zero attached hydrogens (tertiary/aromatic N) is 2. The molecule has 1 aromatic heterocycles. The van der Waals surface area contributed by atoms with Crippen LogP contribution in [0.25, 0.3) is 0 Å². The van der Waals surface area contributed by atoms with E-state index in [1.54, 1.807) is 0 Å². The zero-order valence-electron chi connectivity index (χ0n) is 11.4. The summed E-state index contributed by atoms with van der Waals surface area (Å²) in [6, 6.07) is 1.87. The van der Waals surface area contributed by atoms with Crippen LogP contribution in [0.5, 0.6) is 0 Å². The Bertz CT molecular complexity index is 369. The first kappa shape index (κ1) is 14.3. The van der Waals surface area contributed by atoms with Gasteiger partial charge in [-0.25, -0.2) is 9.97 Å². The van der Waals surface area contributed by atoms with Crippen molar-refractivity contribution in [1.29, 1.82) is 0 Å². The predicted octanol–water partition coefficient (Wildman–Crippen LogP) is 3.25. The lowest BCUT2D eigenvalue weighted by atomic mass is 9.92. The molecule has 1 rings (SSSR count). The summed E-state index contributed by atoms with van der Waals surface area (Å²) in [7, 11) is 0. The molecule has 0 aliphatic carbocycles. The normalized spacial score (nSPS) is 12.1. The molecular weight excluding hydrogens is 230 g/mol. The van der Waals surface area contributed by atoms with Crippen molar-refractivity contribution in [3.8, 4) is 0 Å². The quantitative estimate of drug-likeness (QED) is 0.895. The Morgan fingerprint density at radius 1 is 1.29 bits per heavy atom. The summed E-state index contributed by atoms with van der Waals surface area (Å²) < 4.78 is 0. The molecule has 2 N–H and O–H groups in total. The summed E-state index contributed by atoms with van der Waals surface area (Å²) >= 11 is 1.86. The van der Waals surface area contributed by atoms with Crippen LogP contribution in [0.4, 0.5) is 5.82 Å². The maximum absolute atomic E-state index is 5.83.